The molecule has 3 aromatic carbocycles. The summed E-state index contributed by atoms with van der Waals surface area (Å²) in [5.74, 6) is -0.565. The average Bonchev–Trinajstić information content (AvgIpc) is 3.16. The summed E-state index contributed by atoms with van der Waals surface area (Å²) in [6.45, 7) is 2.27. The minimum Gasteiger partial charge on any atom is -0.360 e. The van der Waals surface area contributed by atoms with Crippen molar-refractivity contribution in [3.63, 3.8) is 0 Å². The summed E-state index contributed by atoms with van der Waals surface area (Å²) in [4.78, 5) is 34.0. The number of fused-ring (bicyclic) bond motifs is 1. The number of nitrogens with one attached hydrogen (secondary N) is 1. The highest BCUT2D eigenvalue weighted by atomic mass is 19.1. The molecule has 0 radical (unpaired) electrons. The molecule has 0 saturated carbocycles. The van der Waals surface area contributed by atoms with Crippen molar-refractivity contribution < 1.29 is 14.0 Å². The first-order chi connectivity index (χ1) is 16.6. The van der Waals surface area contributed by atoms with Crippen LogP contribution in [0.5, 0.6) is 0 Å². The van der Waals surface area contributed by atoms with Gasteiger partial charge in [-0.25, -0.2) is 4.39 Å². The topological polar surface area (TPSA) is 56.4 Å². The van der Waals surface area contributed by atoms with Gasteiger partial charge in [0.15, 0.2) is 5.78 Å². The molecule has 0 aliphatic carbocycles. The third kappa shape index (κ3) is 4.37. The fraction of sp³-hybridized carbons (Fsp3) is 0.214. The second kappa shape index (κ2) is 9.61. The summed E-state index contributed by atoms with van der Waals surface area (Å²) in [6, 6.07) is 23.0. The molecular weight excluding hydrogens is 429 g/mol. The molecule has 1 aliphatic heterocycles. The number of H-pyrrole nitrogens is 1. The number of hydrogen-bond donors (Lipinski definition) is 1. The van der Waals surface area contributed by atoms with Crippen molar-refractivity contribution in [1.29, 1.82) is 0 Å². The van der Waals surface area contributed by atoms with Gasteiger partial charge in [-0.05, 0) is 36.2 Å². The van der Waals surface area contributed by atoms with Crippen LogP contribution in [0.1, 0.15) is 38.7 Å². The summed E-state index contributed by atoms with van der Waals surface area (Å²) in [6.07, 6.45) is 2.52. The Kier molecular flexibility index (Phi) is 6.23. The average molecular weight is 456 g/mol. The van der Waals surface area contributed by atoms with E-state index in [0.29, 0.717) is 37.3 Å². The molecule has 1 aliphatic rings. The fourth-order valence-electron chi connectivity index (χ4n) is 4.79. The lowest BCUT2D eigenvalue weighted by Gasteiger charge is -2.30. The molecule has 5 rings (SSSR count). The van der Waals surface area contributed by atoms with Gasteiger partial charge in [0.1, 0.15) is 5.82 Å². The van der Waals surface area contributed by atoms with Crippen LogP contribution in [0.3, 0.4) is 0 Å². The molecule has 1 unspecified atom stereocenters. The van der Waals surface area contributed by atoms with Gasteiger partial charge in [-0.15, -0.1) is 0 Å². The molecule has 6 heteroatoms. The number of carbonyl (C=O) groups excluding carboxylic acids is 2. The van der Waals surface area contributed by atoms with E-state index in [-0.39, 0.29) is 11.7 Å². The first kappa shape index (κ1) is 22.0. The number of aromatic nitrogens is 1. The predicted octanol–water partition coefficient (Wildman–Crippen LogP) is 5.08. The van der Waals surface area contributed by atoms with Crippen LogP contribution < -0.4 is 0 Å². The lowest BCUT2D eigenvalue weighted by Crippen LogP contribution is -2.38. The van der Waals surface area contributed by atoms with Crippen molar-refractivity contribution in [1.82, 2.24) is 14.8 Å². The summed E-state index contributed by atoms with van der Waals surface area (Å²) < 4.78 is 13.6. The normalized spacial score (nSPS) is 15.7. The summed E-state index contributed by atoms with van der Waals surface area (Å²) in [7, 11) is 0. The quantitative estimate of drug-likeness (QED) is 0.427. The molecule has 1 amide bonds. The lowest BCUT2D eigenvalue weighted by atomic mass is 9.95. The molecule has 34 heavy (non-hydrogen) atoms. The zero-order valence-electron chi connectivity index (χ0n) is 18.8. The van der Waals surface area contributed by atoms with Gasteiger partial charge in [0.2, 0.25) is 0 Å². The van der Waals surface area contributed by atoms with E-state index in [1.165, 1.54) is 12.1 Å². The number of ketones is 1. The molecule has 1 N–H and O–H groups in total. The molecule has 1 aromatic heterocycles. The molecule has 1 fully saturated rings. The monoisotopic (exact) mass is 455 g/mol. The van der Waals surface area contributed by atoms with Gasteiger partial charge < -0.3 is 9.88 Å². The maximum Gasteiger partial charge on any atom is 0.254 e. The molecule has 4 aromatic rings. The Morgan fingerprint density at radius 1 is 0.853 bits per heavy atom. The number of halogens is 1. The highest BCUT2D eigenvalue weighted by Gasteiger charge is 2.32. The number of nitrogens with zero attached hydrogens (tertiary/aromatic N) is 2. The summed E-state index contributed by atoms with van der Waals surface area (Å²) in [5, 5.41) is 0.908. The standard InChI is InChI=1S/C28H26FN3O2/c29-22-11-6-10-21(18-22)28(34)32-15-7-14-31(16-17-32)26(20-8-2-1-3-9-20)27(33)24-19-30-25-13-5-4-12-23(24)25/h1-6,8-13,18-19,26,30H,7,14-17H2. The Balaban J connectivity index is 1.42. The van der Waals surface area contributed by atoms with E-state index >= 15 is 0 Å². The van der Waals surface area contributed by atoms with Gasteiger partial charge >= 0.3 is 0 Å². The van der Waals surface area contributed by atoms with Crippen molar-refractivity contribution in [2.75, 3.05) is 26.2 Å². The number of Topliss-reactive ketones (excluding diaryl/α,β-unsaturated/α-hetero) is 1. The van der Waals surface area contributed by atoms with Crippen LogP contribution in [0.15, 0.2) is 85.1 Å². The number of aromatic amines is 1. The van der Waals surface area contributed by atoms with Crippen LogP contribution in [0.25, 0.3) is 10.9 Å². The summed E-state index contributed by atoms with van der Waals surface area (Å²) >= 11 is 0. The van der Waals surface area contributed by atoms with E-state index in [0.717, 1.165) is 22.9 Å². The van der Waals surface area contributed by atoms with Crippen LogP contribution in [0.4, 0.5) is 4.39 Å². The van der Waals surface area contributed by atoms with E-state index in [1.54, 1.807) is 23.2 Å². The highest BCUT2D eigenvalue weighted by Crippen LogP contribution is 2.30. The molecule has 172 valence electrons. The van der Waals surface area contributed by atoms with Gasteiger partial charge in [-0.3, -0.25) is 14.5 Å². The van der Waals surface area contributed by atoms with Crippen molar-refractivity contribution >= 4 is 22.6 Å². The Labute approximate surface area is 197 Å². The zero-order valence-corrected chi connectivity index (χ0v) is 18.8. The maximum atomic E-state index is 13.9. The zero-order chi connectivity index (χ0) is 23.5. The maximum absolute atomic E-state index is 13.9. The molecule has 1 atom stereocenters. The second-order valence-electron chi connectivity index (χ2n) is 8.62. The molecule has 0 bridgehead atoms. The first-order valence-corrected chi connectivity index (χ1v) is 11.6. The summed E-state index contributed by atoms with van der Waals surface area (Å²) in [5.41, 5.74) is 2.88. The van der Waals surface area contributed by atoms with Crippen LogP contribution in [-0.2, 0) is 0 Å². The van der Waals surface area contributed by atoms with Gasteiger partial charge in [0.05, 0.1) is 6.04 Å². The first-order valence-electron chi connectivity index (χ1n) is 11.6. The van der Waals surface area contributed by atoms with E-state index in [4.69, 9.17) is 0 Å². The van der Waals surface area contributed by atoms with Gasteiger partial charge in [-0.2, -0.15) is 0 Å². The van der Waals surface area contributed by atoms with Gasteiger partial charge in [0.25, 0.3) is 5.91 Å². The Morgan fingerprint density at radius 2 is 1.65 bits per heavy atom. The minimum atomic E-state index is -0.454. The minimum absolute atomic E-state index is 0.0357. The van der Waals surface area contributed by atoms with Gasteiger partial charge in [0, 0.05) is 54.4 Å². The number of para-hydroxylation sites is 1. The largest absolute Gasteiger partial charge is 0.360 e. The Hall–Kier alpha value is -3.77. The van der Waals surface area contributed by atoms with Gasteiger partial charge in [-0.1, -0.05) is 54.6 Å². The van der Waals surface area contributed by atoms with E-state index in [2.05, 4.69) is 9.88 Å². The Morgan fingerprint density at radius 3 is 2.47 bits per heavy atom. The van der Waals surface area contributed by atoms with Crippen molar-refractivity contribution in [3.8, 4) is 0 Å². The third-order valence-electron chi connectivity index (χ3n) is 6.47. The molecule has 1 saturated heterocycles. The van der Waals surface area contributed by atoms with Crippen LogP contribution in [0, 0.1) is 5.82 Å². The number of rotatable bonds is 5. The van der Waals surface area contributed by atoms with Crippen molar-refractivity contribution in [2.24, 2.45) is 0 Å². The SMILES string of the molecule is O=C(c1c[nH]c2ccccc12)C(c1ccccc1)N1CCCN(C(=O)c2cccc(F)c2)CC1. The fourth-order valence-corrected chi connectivity index (χ4v) is 4.79. The van der Waals surface area contributed by atoms with E-state index < -0.39 is 11.9 Å². The van der Waals surface area contributed by atoms with Crippen LogP contribution >= 0.6 is 0 Å². The molecule has 5 nitrogen and oxygen atoms in total. The predicted molar refractivity (Wildman–Crippen MR) is 130 cm³/mol. The molecule has 2 heterocycles. The Bertz CT molecular complexity index is 1320. The number of hydrogen-bond acceptors (Lipinski definition) is 3. The van der Waals surface area contributed by atoms with Crippen LogP contribution in [-0.4, -0.2) is 52.7 Å². The number of benzene rings is 3. The second-order valence-corrected chi connectivity index (χ2v) is 8.62. The smallest absolute Gasteiger partial charge is 0.254 e. The third-order valence-corrected chi connectivity index (χ3v) is 6.47. The van der Waals surface area contributed by atoms with Crippen LogP contribution in [0.2, 0.25) is 0 Å². The van der Waals surface area contributed by atoms with Crippen molar-refractivity contribution in [2.45, 2.75) is 12.5 Å². The molecule has 0 spiro atoms. The lowest BCUT2D eigenvalue weighted by molar-refractivity contribution is 0.0749. The highest BCUT2D eigenvalue weighted by molar-refractivity contribution is 6.10. The number of amides is 1. The number of carbonyl (C=O) groups is 2. The molecular formula is C28H26FN3O2. The van der Waals surface area contributed by atoms with E-state index in [9.17, 15) is 14.0 Å². The van der Waals surface area contributed by atoms with Crippen molar-refractivity contribution in [3.05, 3.63) is 108 Å². The van der Waals surface area contributed by atoms with E-state index in [1.807, 2.05) is 54.6 Å².